The average molecular weight is 229 g/mol. The van der Waals surface area contributed by atoms with Gasteiger partial charge in [-0.1, -0.05) is 6.92 Å². The van der Waals surface area contributed by atoms with Crippen LogP contribution in [0.25, 0.3) is 0 Å². The highest BCUT2D eigenvalue weighted by atomic mass is 35.5. The van der Waals surface area contributed by atoms with Crippen molar-refractivity contribution in [3.05, 3.63) is 33.6 Å². The van der Waals surface area contributed by atoms with Crippen LogP contribution < -0.4 is 0 Å². The summed E-state index contributed by atoms with van der Waals surface area (Å²) in [6.07, 6.45) is 1.29. The number of hydrogen-bond donors (Lipinski definition) is 0. The molecule has 0 amide bonds. The molecule has 4 nitrogen and oxygen atoms in total. The Morgan fingerprint density at radius 2 is 2.13 bits per heavy atom. The maximum absolute atomic E-state index is 10.6. The van der Waals surface area contributed by atoms with Crippen LogP contribution in [0.2, 0.25) is 0 Å². The number of rotatable bonds is 3. The molecular weight excluding hydrogens is 216 g/mol. The van der Waals surface area contributed by atoms with Gasteiger partial charge < -0.3 is 0 Å². The van der Waals surface area contributed by atoms with Crippen LogP contribution in [0.5, 0.6) is 0 Å². The predicted octanol–water partition coefficient (Wildman–Crippen LogP) is 3.03. The molecule has 0 aliphatic carbocycles. The van der Waals surface area contributed by atoms with Crippen LogP contribution in [0.1, 0.15) is 31.0 Å². The highest BCUT2D eigenvalue weighted by molar-refractivity contribution is 6.20. The molecule has 1 aromatic heterocycles. The largest absolute Gasteiger partial charge is 0.290 e. The molecule has 0 saturated carbocycles. The maximum Gasteiger partial charge on any atom is 0.290 e. The maximum atomic E-state index is 10.6. The van der Waals surface area contributed by atoms with E-state index in [0.717, 1.165) is 5.69 Å². The fraction of sp³-hybridized carbons (Fsp3) is 0.500. The van der Waals surface area contributed by atoms with E-state index >= 15 is 0 Å². The lowest BCUT2D eigenvalue weighted by Gasteiger charge is -2.13. The van der Waals surface area contributed by atoms with Gasteiger partial charge in [0.05, 0.1) is 4.92 Å². The molecular formula is C10H13ClN2O2. The number of alkyl halides is 1. The zero-order chi connectivity index (χ0) is 11.6. The first-order valence-corrected chi connectivity index (χ1v) is 5.12. The molecule has 2 unspecified atom stereocenters. The highest BCUT2D eigenvalue weighted by Gasteiger charge is 2.17. The van der Waals surface area contributed by atoms with Crippen LogP contribution in [0, 0.1) is 17.0 Å². The Bertz CT molecular complexity index is 380. The van der Waals surface area contributed by atoms with Gasteiger partial charge >= 0.3 is 0 Å². The van der Waals surface area contributed by atoms with Crippen LogP contribution in [0.4, 0.5) is 5.69 Å². The monoisotopic (exact) mass is 228 g/mol. The van der Waals surface area contributed by atoms with Crippen molar-refractivity contribution in [2.75, 3.05) is 0 Å². The van der Waals surface area contributed by atoms with Crippen LogP contribution >= 0.6 is 11.6 Å². The number of halogens is 1. The Morgan fingerprint density at radius 3 is 2.53 bits per heavy atom. The second-order valence-electron chi connectivity index (χ2n) is 3.62. The Kier molecular flexibility index (Phi) is 3.63. The van der Waals surface area contributed by atoms with Gasteiger partial charge in [0.25, 0.3) is 5.69 Å². The van der Waals surface area contributed by atoms with Crippen molar-refractivity contribution >= 4 is 17.3 Å². The van der Waals surface area contributed by atoms with Crippen LogP contribution in [0.3, 0.4) is 0 Å². The first kappa shape index (κ1) is 11.9. The first-order chi connectivity index (χ1) is 6.93. The standard InChI is InChI=1S/C10H13ClN2O2/c1-6-4-9(7(2)8(3)11)12-5-10(6)13(14)15/h4-5,7-8H,1-3H3. The summed E-state index contributed by atoms with van der Waals surface area (Å²) in [6.45, 7) is 5.53. The van der Waals surface area contributed by atoms with Gasteiger partial charge in [-0.2, -0.15) is 0 Å². The zero-order valence-electron chi connectivity index (χ0n) is 8.90. The topological polar surface area (TPSA) is 56.0 Å². The van der Waals surface area contributed by atoms with Gasteiger partial charge in [0.1, 0.15) is 6.20 Å². The summed E-state index contributed by atoms with van der Waals surface area (Å²) in [4.78, 5) is 14.2. The van der Waals surface area contributed by atoms with Crippen molar-refractivity contribution in [2.24, 2.45) is 0 Å². The third kappa shape index (κ3) is 2.65. The van der Waals surface area contributed by atoms with Crippen molar-refractivity contribution in [3.8, 4) is 0 Å². The Balaban J connectivity index is 3.06. The summed E-state index contributed by atoms with van der Waals surface area (Å²) in [7, 11) is 0. The van der Waals surface area contributed by atoms with E-state index in [9.17, 15) is 10.1 Å². The molecule has 15 heavy (non-hydrogen) atoms. The van der Waals surface area contributed by atoms with E-state index in [1.54, 1.807) is 13.0 Å². The summed E-state index contributed by atoms with van der Waals surface area (Å²) in [5.41, 5.74) is 1.46. The van der Waals surface area contributed by atoms with Gasteiger partial charge in [0, 0.05) is 22.6 Å². The number of nitrogens with zero attached hydrogens (tertiary/aromatic N) is 2. The molecule has 2 atom stereocenters. The van der Waals surface area contributed by atoms with E-state index in [-0.39, 0.29) is 17.0 Å². The van der Waals surface area contributed by atoms with Gasteiger partial charge in [-0.15, -0.1) is 11.6 Å². The lowest BCUT2D eigenvalue weighted by atomic mass is 10.0. The Hall–Kier alpha value is -1.16. The molecule has 0 bridgehead atoms. The smallest absolute Gasteiger partial charge is 0.258 e. The Labute approximate surface area is 93.4 Å². The molecule has 1 aromatic rings. The van der Waals surface area contributed by atoms with E-state index in [2.05, 4.69) is 4.98 Å². The Morgan fingerprint density at radius 1 is 1.53 bits per heavy atom. The molecule has 0 fully saturated rings. The average Bonchev–Trinajstić information content (AvgIpc) is 2.15. The van der Waals surface area contributed by atoms with Crippen molar-refractivity contribution in [1.29, 1.82) is 0 Å². The van der Waals surface area contributed by atoms with E-state index < -0.39 is 4.92 Å². The minimum Gasteiger partial charge on any atom is -0.258 e. The van der Waals surface area contributed by atoms with E-state index in [1.165, 1.54) is 6.20 Å². The fourth-order valence-corrected chi connectivity index (χ4v) is 1.38. The first-order valence-electron chi connectivity index (χ1n) is 4.68. The van der Waals surface area contributed by atoms with E-state index in [1.807, 2.05) is 13.8 Å². The minimum absolute atomic E-state index is 0.0432. The van der Waals surface area contributed by atoms with Gasteiger partial charge in [-0.05, 0) is 19.9 Å². The number of aryl methyl sites for hydroxylation is 1. The summed E-state index contributed by atoms with van der Waals surface area (Å²) in [5.74, 6) is 0.0890. The zero-order valence-corrected chi connectivity index (χ0v) is 9.65. The molecule has 5 heteroatoms. The quantitative estimate of drug-likeness (QED) is 0.454. The molecule has 0 radical (unpaired) electrons. The molecule has 0 aliphatic heterocycles. The van der Waals surface area contributed by atoms with Gasteiger partial charge in [-0.25, -0.2) is 0 Å². The normalized spacial score (nSPS) is 14.7. The van der Waals surface area contributed by atoms with Gasteiger partial charge in [0.2, 0.25) is 0 Å². The lowest BCUT2D eigenvalue weighted by Crippen LogP contribution is -2.08. The van der Waals surface area contributed by atoms with Gasteiger partial charge in [0.15, 0.2) is 0 Å². The summed E-state index contributed by atoms with van der Waals surface area (Å²) in [6, 6.07) is 1.72. The van der Waals surface area contributed by atoms with Crippen molar-refractivity contribution in [1.82, 2.24) is 4.98 Å². The summed E-state index contributed by atoms with van der Waals surface area (Å²) >= 11 is 5.94. The third-order valence-electron chi connectivity index (χ3n) is 2.46. The van der Waals surface area contributed by atoms with Crippen LogP contribution in [-0.4, -0.2) is 15.3 Å². The fourth-order valence-electron chi connectivity index (χ4n) is 1.25. The second-order valence-corrected chi connectivity index (χ2v) is 4.31. The second kappa shape index (κ2) is 4.57. The van der Waals surface area contributed by atoms with Crippen molar-refractivity contribution in [2.45, 2.75) is 32.1 Å². The van der Waals surface area contributed by atoms with E-state index in [0.29, 0.717) is 5.56 Å². The molecule has 82 valence electrons. The van der Waals surface area contributed by atoms with Gasteiger partial charge in [-0.3, -0.25) is 15.1 Å². The predicted molar refractivity (Wildman–Crippen MR) is 59.4 cm³/mol. The lowest BCUT2D eigenvalue weighted by molar-refractivity contribution is -0.385. The third-order valence-corrected chi connectivity index (χ3v) is 2.83. The van der Waals surface area contributed by atoms with Crippen LogP contribution in [-0.2, 0) is 0 Å². The number of hydrogen-bond acceptors (Lipinski definition) is 3. The molecule has 0 saturated heterocycles. The molecule has 0 aliphatic rings. The van der Waals surface area contributed by atoms with Crippen LogP contribution in [0.15, 0.2) is 12.3 Å². The molecule has 0 N–H and O–H groups in total. The molecule has 1 heterocycles. The number of pyridine rings is 1. The molecule has 1 rings (SSSR count). The number of nitro groups is 1. The van der Waals surface area contributed by atoms with Crippen molar-refractivity contribution in [3.63, 3.8) is 0 Å². The number of aromatic nitrogens is 1. The molecule has 0 spiro atoms. The minimum atomic E-state index is -0.430. The highest BCUT2D eigenvalue weighted by Crippen LogP contribution is 2.25. The van der Waals surface area contributed by atoms with E-state index in [4.69, 9.17) is 11.6 Å². The summed E-state index contributed by atoms with van der Waals surface area (Å²) in [5, 5.41) is 10.5. The SMILES string of the molecule is Cc1cc(C(C)C(C)Cl)ncc1[N+](=O)[O-]. The summed E-state index contributed by atoms with van der Waals surface area (Å²) < 4.78 is 0. The van der Waals surface area contributed by atoms with Crippen molar-refractivity contribution < 1.29 is 4.92 Å². The molecule has 0 aromatic carbocycles.